The zero-order valence-electron chi connectivity index (χ0n) is 36.3. The first kappa shape index (κ1) is 37.5. The van der Waals surface area contributed by atoms with Gasteiger partial charge in [0.05, 0.1) is 0 Å². The normalized spacial score (nSPS) is 11.9. The van der Waals surface area contributed by atoms with Gasteiger partial charge >= 0.3 is 0 Å². The van der Waals surface area contributed by atoms with Crippen LogP contribution < -0.4 is 4.90 Å². The van der Waals surface area contributed by atoms with Crippen molar-refractivity contribution < 1.29 is 8.83 Å². The van der Waals surface area contributed by atoms with Crippen molar-refractivity contribution in [3.05, 3.63) is 237 Å². The smallest absolute Gasteiger partial charge is 0.143 e. The third-order valence-electron chi connectivity index (χ3n) is 13.9. The van der Waals surface area contributed by atoms with Crippen LogP contribution in [0.15, 0.2) is 245 Å². The Balaban J connectivity index is 0.884. The molecule has 67 heavy (non-hydrogen) atoms. The lowest BCUT2D eigenvalue weighted by Gasteiger charge is -2.26. The molecule has 2 aromatic heterocycles. The summed E-state index contributed by atoms with van der Waals surface area (Å²) in [4.78, 5) is 2.34. The number of hydrogen-bond acceptors (Lipinski definition) is 3. The number of anilines is 3. The standard InChI is InChI=1S/C64H39NO2/c1-5-15-50-40(11-1)29-37-58-56-21-9-19-52(61(56)66-63(50)58)42-23-31-46(32-24-42)65(48-35-27-44(28-36-48)60-39-45-13-3-4-14-49(45)54-17-7-8-18-55(54)60)47-33-25-43(26-34-47)53-20-10-22-57-59-38-30-41-12-2-6-16-51(41)64(59)67-62(53)57/h1-39H. The Hall–Kier alpha value is -8.92. The van der Waals surface area contributed by atoms with Crippen LogP contribution in [0.1, 0.15) is 0 Å². The van der Waals surface area contributed by atoms with E-state index < -0.39 is 0 Å². The molecular formula is C64H39NO2. The van der Waals surface area contributed by atoms with Crippen LogP contribution in [0.3, 0.4) is 0 Å². The van der Waals surface area contributed by atoms with E-state index in [0.29, 0.717) is 0 Å². The molecule has 0 aliphatic rings. The fraction of sp³-hybridized carbons (Fsp3) is 0. The molecular weight excluding hydrogens is 815 g/mol. The summed E-state index contributed by atoms with van der Waals surface area (Å²) in [5.74, 6) is 0. The summed E-state index contributed by atoms with van der Waals surface area (Å²) in [7, 11) is 0. The van der Waals surface area contributed by atoms with Gasteiger partial charge in [-0.25, -0.2) is 0 Å². The third-order valence-corrected chi connectivity index (χ3v) is 13.9. The summed E-state index contributed by atoms with van der Waals surface area (Å²) in [6, 6.07) is 85.1. The zero-order valence-corrected chi connectivity index (χ0v) is 36.3. The van der Waals surface area contributed by atoms with E-state index in [1.807, 2.05) is 0 Å². The van der Waals surface area contributed by atoms with Crippen molar-refractivity contribution in [3.63, 3.8) is 0 Å². The fourth-order valence-electron chi connectivity index (χ4n) is 10.6. The lowest BCUT2D eigenvalue weighted by Crippen LogP contribution is -2.09. The summed E-state index contributed by atoms with van der Waals surface area (Å²) >= 11 is 0. The molecule has 0 aliphatic heterocycles. The molecule has 12 aromatic carbocycles. The monoisotopic (exact) mass is 853 g/mol. The molecule has 0 aliphatic carbocycles. The van der Waals surface area contributed by atoms with E-state index in [4.69, 9.17) is 8.83 Å². The van der Waals surface area contributed by atoms with Gasteiger partial charge in [-0.3, -0.25) is 0 Å². The van der Waals surface area contributed by atoms with Crippen LogP contribution >= 0.6 is 0 Å². The van der Waals surface area contributed by atoms with Crippen molar-refractivity contribution >= 4 is 104 Å². The van der Waals surface area contributed by atoms with Gasteiger partial charge in [-0.05, 0) is 109 Å². The van der Waals surface area contributed by atoms with Gasteiger partial charge in [-0.2, -0.15) is 0 Å². The molecule has 312 valence electrons. The van der Waals surface area contributed by atoms with E-state index in [2.05, 4.69) is 241 Å². The van der Waals surface area contributed by atoms with Crippen LogP contribution in [0.25, 0.3) is 120 Å². The summed E-state index contributed by atoms with van der Waals surface area (Å²) in [5, 5.41) is 14.1. The van der Waals surface area contributed by atoms with E-state index in [-0.39, 0.29) is 0 Å². The Bertz CT molecular complexity index is 4060. The van der Waals surface area contributed by atoms with Crippen molar-refractivity contribution in [1.82, 2.24) is 0 Å². The first-order chi connectivity index (χ1) is 33.2. The molecule has 0 fully saturated rings. The highest BCUT2D eigenvalue weighted by Crippen LogP contribution is 2.44. The van der Waals surface area contributed by atoms with Gasteiger partial charge in [-0.1, -0.05) is 182 Å². The van der Waals surface area contributed by atoms with E-state index >= 15 is 0 Å². The zero-order chi connectivity index (χ0) is 44.0. The highest BCUT2D eigenvalue weighted by atomic mass is 16.3. The highest BCUT2D eigenvalue weighted by Gasteiger charge is 2.19. The molecule has 0 saturated carbocycles. The topological polar surface area (TPSA) is 29.5 Å². The van der Waals surface area contributed by atoms with Crippen molar-refractivity contribution in [2.45, 2.75) is 0 Å². The summed E-state index contributed by atoms with van der Waals surface area (Å²) in [6.45, 7) is 0. The molecule has 0 saturated heterocycles. The minimum absolute atomic E-state index is 0.901. The van der Waals surface area contributed by atoms with Crippen molar-refractivity contribution in [3.8, 4) is 33.4 Å². The summed E-state index contributed by atoms with van der Waals surface area (Å²) < 4.78 is 13.5. The minimum Gasteiger partial charge on any atom is -0.455 e. The molecule has 0 spiro atoms. The molecule has 0 N–H and O–H groups in total. The Labute approximate surface area is 386 Å². The van der Waals surface area contributed by atoms with Gasteiger partial charge in [0.15, 0.2) is 0 Å². The first-order valence-electron chi connectivity index (χ1n) is 22.9. The van der Waals surface area contributed by atoms with Gasteiger partial charge in [-0.15, -0.1) is 0 Å². The average Bonchev–Trinajstić information content (AvgIpc) is 3.99. The van der Waals surface area contributed by atoms with Crippen LogP contribution in [0.4, 0.5) is 17.1 Å². The molecule has 14 aromatic rings. The van der Waals surface area contributed by atoms with Crippen LogP contribution in [0, 0.1) is 0 Å². The average molecular weight is 854 g/mol. The Morgan fingerprint density at radius 2 is 0.597 bits per heavy atom. The van der Waals surface area contributed by atoms with E-state index in [1.165, 1.54) is 43.4 Å². The van der Waals surface area contributed by atoms with Gasteiger partial charge < -0.3 is 13.7 Å². The SMILES string of the molecule is c1ccc2c(c1)cc(-c1ccc(N(c3ccc(-c4cccc5c4oc4c6ccccc6ccc54)cc3)c3ccc(-c4cccc5c4oc4c6ccccc6ccc54)cc3)cc1)c1ccccc12. The molecule has 3 heteroatoms. The lowest BCUT2D eigenvalue weighted by atomic mass is 9.93. The second-order valence-electron chi connectivity index (χ2n) is 17.6. The van der Waals surface area contributed by atoms with Crippen LogP contribution in [0.5, 0.6) is 0 Å². The first-order valence-corrected chi connectivity index (χ1v) is 22.9. The molecule has 0 unspecified atom stereocenters. The lowest BCUT2D eigenvalue weighted by molar-refractivity contribution is 0.673. The number of benzene rings is 12. The van der Waals surface area contributed by atoms with Crippen LogP contribution in [-0.2, 0) is 0 Å². The molecule has 0 radical (unpaired) electrons. The quantitative estimate of drug-likeness (QED) is 0.156. The second kappa shape index (κ2) is 14.8. The predicted octanol–water partition coefficient (Wildman–Crippen LogP) is 18.6. The minimum atomic E-state index is 0.901. The van der Waals surface area contributed by atoms with Crippen molar-refractivity contribution in [2.75, 3.05) is 4.90 Å². The Morgan fingerprint density at radius 1 is 0.224 bits per heavy atom. The van der Waals surface area contributed by atoms with Crippen molar-refractivity contribution in [2.24, 2.45) is 0 Å². The number of hydrogen-bond donors (Lipinski definition) is 0. The fourth-order valence-corrected chi connectivity index (χ4v) is 10.6. The third kappa shape index (κ3) is 5.92. The molecule has 0 atom stereocenters. The molecule has 0 amide bonds. The van der Waals surface area contributed by atoms with Crippen LogP contribution in [0.2, 0.25) is 0 Å². The summed E-state index contributed by atoms with van der Waals surface area (Å²) in [6.07, 6.45) is 0. The maximum atomic E-state index is 6.76. The number of para-hydroxylation sites is 2. The predicted molar refractivity (Wildman–Crippen MR) is 282 cm³/mol. The Kier molecular flexibility index (Phi) is 8.28. The summed E-state index contributed by atoms with van der Waals surface area (Å²) in [5.41, 5.74) is 13.6. The maximum absolute atomic E-state index is 6.76. The van der Waals surface area contributed by atoms with Crippen molar-refractivity contribution in [1.29, 1.82) is 0 Å². The highest BCUT2D eigenvalue weighted by molar-refractivity contribution is 6.19. The van der Waals surface area contributed by atoms with E-state index in [9.17, 15) is 0 Å². The number of nitrogens with zero attached hydrogens (tertiary/aromatic N) is 1. The number of furan rings is 2. The number of rotatable bonds is 6. The van der Waals surface area contributed by atoms with E-state index in [0.717, 1.165) is 94.0 Å². The van der Waals surface area contributed by atoms with Gasteiger partial charge in [0, 0.05) is 60.5 Å². The second-order valence-corrected chi connectivity index (χ2v) is 17.6. The largest absolute Gasteiger partial charge is 0.455 e. The van der Waals surface area contributed by atoms with Gasteiger partial charge in [0.25, 0.3) is 0 Å². The van der Waals surface area contributed by atoms with E-state index in [1.54, 1.807) is 0 Å². The molecule has 0 bridgehead atoms. The van der Waals surface area contributed by atoms with Gasteiger partial charge in [0.1, 0.15) is 22.3 Å². The van der Waals surface area contributed by atoms with Crippen LogP contribution in [-0.4, -0.2) is 0 Å². The molecule has 3 nitrogen and oxygen atoms in total. The molecule has 2 heterocycles. The maximum Gasteiger partial charge on any atom is 0.143 e. The van der Waals surface area contributed by atoms with Gasteiger partial charge in [0.2, 0.25) is 0 Å². The number of fused-ring (bicyclic) bond motifs is 13. The Morgan fingerprint density at radius 3 is 1.09 bits per heavy atom. The molecule has 14 rings (SSSR count).